The van der Waals surface area contributed by atoms with E-state index in [-0.39, 0.29) is 5.92 Å². The monoisotopic (exact) mass is 327 g/mol. The minimum atomic E-state index is -0.649. The second-order valence-electron chi connectivity index (χ2n) is 6.66. The third-order valence-electron chi connectivity index (χ3n) is 5.09. The number of nitrogens with one attached hydrogen (secondary N) is 1. The number of benzene rings is 1. The molecule has 2 N–H and O–H groups in total. The van der Waals surface area contributed by atoms with Gasteiger partial charge in [0.05, 0.1) is 17.3 Å². The molecule has 0 unspecified atom stereocenters. The third-order valence-corrected chi connectivity index (χ3v) is 5.09. The van der Waals surface area contributed by atoms with Gasteiger partial charge in [-0.25, -0.2) is 4.68 Å². The Morgan fingerprint density at radius 3 is 2.50 bits per heavy atom. The number of aromatic nitrogens is 2. The Balaban J connectivity index is 1.64. The van der Waals surface area contributed by atoms with Gasteiger partial charge in [0.15, 0.2) is 0 Å². The first-order valence-electron chi connectivity index (χ1n) is 8.63. The van der Waals surface area contributed by atoms with Crippen molar-refractivity contribution in [3.8, 4) is 5.69 Å². The van der Waals surface area contributed by atoms with Gasteiger partial charge in [0, 0.05) is 23.8 Å². The Hall–Kier alpha value is -2.14. The van der Waals surface area contributed by atoms with Crippen LogP contribution in [0.25, 0.3) is 5.69 Å². The molecule has 0 atom stereocenters. The maximum atomic E-state index is 11.0. The fourth-order valence-corrected chi connectivity index (χ4v) is 3.54. The first-order valence-corrected chi connectivity index (χ1v) is 8.63. The predicted octanol–water partition coefficient (Wildman–Crippen LogP) is 3.22. The Kier molecular flexibility index (Phi) is 5.00. The summed E-state index contributed by atoms with van der Waals surface area (Å²) >= 11 is 0. The van der Waals surface area contributed by atoms with Crippen LogP contribution < -0.4 is 5.32 Å². The van der Waals surface area contributed by atoms with Crippen molar-refractivity contribution in [3.63, 3.8) is 0 Å². The minimum Gasteiger partial charge on any atom is -0.481 e. The van der Waals surface area contributed by atoms with E-state index in [4.69, 9.17) is 5.11 Å². The van der Waals surface area contributed by atoms with Crippen LogP contribution in [-0.4, -0.2) is 26.9 Å². The Morgan fingerprint density at radius 1 is 1.21 bits per heavy atom. The maximum absolute atomic E-state index is 11.0. The Bertz CT molecular complexity index is 701. The zero-order chi connectivity index (χ0) is 17.1. The number of carboxylic acid groups (broad SMARTS) is 1. The molecule has 0 aliphatic heterocycles. The van der Waals surface area contributed by atoms with Gasteiger partial charge in [0.25, 0.3) is 0 Å². The number of nitrogens with zero attached hydrogens (tertiary/aromatic N) is 2. The molecule has 5 nitrogen and oxygen atoms in total. The lowest BCUT2D eigenvalue weighted by Crippen LogP contribution is -2.34. The van der Waals surface area contributed by atoms with Gasteiger partial charge in [0.2, 0.25) is 0 Å². The van der Waals surface area contributed by atoms with E-state index in [1.165, 1.54) is 5.56 Å². The molecule has 128 valence electrons. The normalized spacial score (nSPS) is 20.9. The smallest absolute Gasteiger partial charge is 0.306 e. The van der Waals surface area contributed by atoms with Crippen LogP contribution in [0.1, 0.15) is 42.6 Å². The van der Waals surface area contributed by atoms with Crippen LogP contribution >= 0.6 is 0 Å². The quantitative estimate of drug-likeness (QED) is 0.885. The molecule has 1 saturated carbocycles. The van der Waals surface area contributed by atoms with Crippen molar-refractivity contribution in [1.82, 2.24) is 15.1 Å². The van der Waals surface area contributed by atoms with E-state index in [2.05, 4.69) is 29.5 Å². The zero-order valence-corrected chi connectivity index (χ0v) is 14.3. The number of para-hydroxylation sites is 1. The molecule has 1 aliphatic carbocycles. The molecule has 1 heterocycles. The lowest BCUT2D eigenvalue weighted by Gasteiger charge is -2.27. The molecule has 24 heavy (non-hydrogen) atoms. The SMILES string of the molecule is Cc1nn(-c2ccccc2)c(C)c1CNC1CCC(C(=O)O)CC1. The van der Waals surface area contributed by atoms with Crippen molar-refractivity contribution in [1.29, 1.82) is 0 Å². The van der Waals surface area contributed by atoms with Gasteiger partial charge in [-0.3, -0.25) is 4.79 Å². The third kappa shape index (κ3) is 3.51. The number of carbonyl (C=O) groups is 1. The summed E-state index contributed by atoms with van der Waals surface area (Å²) in [4.78, 5) is 11.0. The molecular weight excluding hydrogens is 302 g/mol. The fourth-order valence-electron chi connectivity index (χ4n) is 3.54. The first-order chi connectivity index (χ1) is 11.6. The van der Waals surface area contributed by atoms with Gasteiger partial charge in [0.1, 0.15) is 0 Å². The van der Waals surface area contributed by atoms with Gasteiger partial charge in [-0.05, 0) is 51.7 Å². The lowest BCUT2D eigenvalue weighted by atomic mass is 9.86. The average Bonchev–Trinajstić information content (AvgIpc) is 2.88. The summed E-state index contributed by atoms with van der Waals surface area (Å²) < 4.78 is 1.99. The Labute approximate surface area is 142 Å². The number of aliphatic carboxylic acids is 1. The van der Waals surface area contributed by atoms with Crippen molar-refractivity contribution in [2.75, 3.05) is 0 Å². The van der Waals surface area contributed by atoms with E-state index in [0.29, 0.717) is 6.04 Å². The fraction of sp³-hybridized carbons (Fsp3) is 0.474. The molecule has 0 radical (unpaired) electrons. The topological polar surface area (TPSA) is 67.2 Å². The molecule has 1 aliphatic rings. The standard InChI is InChI=1S/C19H25N3O2/c1-13-18(12-20-16-10-8-15(9-11-16)19(23)24)14(2)22(21-13)17-6-4-3-5-7-17/h3-7,15-16,20H,8-12H2,1-2H3,(H,23,24). The summed E-state index contributed by atoms with van der Waals surface area (Å²) in [7, 11) is 0. The van der Waals surface area contributed by atoms with Gasteiger partial charge in [-0.2, -0.15) is 5.10 Å². The van der Waals surface area contributed by atoms with Crippen molar-refractivity contribution in [2.45, 2.75) is 52.1 Å². The van der Waals surface area contributed by atoms with Crippen LogP contribution in [0.2, 0.25) is 0 Å². The molecule has 1 aromatic carbocycles. The van der Waals surface area contributed by atoms with E-state index >= 15 is 0 Å². The molecule has 3 rings (SSSR count). The molecule has 0 saturated heterocycles. The van der Waals surface area contributed by atoms with Gasteiger partial charge in [-0.15, -0.1) is 0 Å². The van der Waals surface area contributed by atoms with Crippen LogP contribution in [0.15, 0.2) is 30.3 Å². The van der Waals surface area contributed by atoms with Gasteiger partial charge < -0.3 is 10.4 Å². The second-order valence-corrected chi connectivity index (χ2v) is 6.66. The maximum Gasteiger partial charge on any atom is 0.306 e. The summed E-state index contributed by atoms with van der Waals surface area (Å²) in [6.07, 6.45) is 3.41. The number of hydrogen-bond donors (Lipinski definition) is 2. The molecule has 1 fully saturated rings. The minimum absolute atomic E-state index is 0.160. The highest BCUT2D eigenvalue weighted by Crippen LogP contribution is 2.25. The summed E-state index contributed by atoms with van der Waals surface area (Å²) in [5.74, 6) is -0.809. The van der Waals surface area contributed by atoms with Crippen LogP contribution in [-0.2, 0) is 11.3 Å². The summed E-state index contributed by atoms with van der Waals surface area (Å²) in [5.41, 5.74) is 4.51. The van der Waals surface area contributed by atoms with Crippen molar-refractivity contribution in [2.24, 2.45) is 5.92 Å². The number of rotatable bonds is 5. The van der Waals surface area contributed by atoms with E-state index in [1.54, 1.807) is 0 Å². The van der Waals surface area contributed by atoms with E-state index in [9.17, 15) is 4.79 Å². The van der Waals surface area contributed by atoms with E-state index < -0.39 is 5.97 Å². The summed E-state index contributed by atoms with van der Waals surface area (Å²) in [6, 6.07) is 10.6. The molecule has 0 spiro atoms. The summed E-state index contributed by atoms with van der Waals surface area (Å²) in [6.45, 7) is 4.93. The molecular formula is C19H25N3O2. The number of aryl methyl sites for hydroxylation is 1. The van der Waals surface area contributed by atoms with Crippen molar-refractivity contribution in [3.05, 3.63) is 47.3 Å². The number of carboxylic acids is 1. The zero-order valence-electron chi connectivity index (χ0n) is 14.3. The highest BCUT2D eigenvalue weighted by molar-refractivity contribution is 5.70. The summed E-state index contributed by atoms with van der Waals surface area (Å²) in [5, 5.41) is 17.4. The number of hydrogen-bond acceptors (Lipinski definition) is 3. The highest BCUT2D eigenvalue weighted by Gasteiger charge is 2.26. The van der Waals surface area contributed by atoms with Gasteiger partial charge in [-0.1, -0.05) is 18.2 Å². The van der Waals surface area contributed by atoms with Crippen LogP contribution in [0.5, 0.6) is 0 Å². The van der Waals surface area contributed by atoms with Crippen LogP contribution in [0.4, 0.5) is 0 Å². The van der Waals surface area contributed by atoms with E-state index in [1.807, 2.05) is 29.8 Å². The molecule has 1 aromatic heterocycles. The second kappa shape index (κ2) is 7.18. The van der Waals surface area contributed by atoms with Gasteiger partial charge >= 0.3 is 5.97 Å². The lowest BCUT2D eigenvalue weighted by molar-refractivity contribution is -0.142. The predicted molar refractivity (Wildman–Crippen MR) is 93.3 cm³/mol. The highest BCUT2D eigenvalue weighted by atomic mass is 16.4. The molecule has 2 aromatic rings. The van der Waals surface area contributed by atoms with Crippen molar-refractivity contribution >= 4 is 5.97 Å². The Morgan fingerprint density at radius 2 is 1.88 bits per heavy atom. The average molecular weight is 327 g/mol. The van der Waals surface area contributed by atoms with Crippen LogP contribution in [0, 0.1) is 19.8 Å². The van der Waals surface area contributed by atoms with E-state index in [0.717, 1.165) is 49.3 Å². The molecule has 0 bridgehead atoms. The first kappa shape index (κ1) is 16.7. The molecule has 5 heteroatoms. The molecule has 0 amide bonds. The van der Waals surface area contributed by atoms with Crippen molar-refractivity contribution < 1.29 is 9.90 Å². The largest absolute Gasteiger partial charge is 0.481 e. The van der Waals surface area contributed by atoms with Crippen LogP contribution in [0.3, 0.4) is 0 Å².